The fourth-order valence-electron chi connectivity index (χ4n) is 6.37. The van der Waals surface area contributed by atoms with Gasteiger partial charge in [-0.2, -0.15) is 0 Å². The Balaban J connectivity index is 0.00000420. The topological polar surface area (TPSA) is 65.2 Å². The van der Waals surface area contributed by atoms with Gasteiger partial charge in [-0.3, -0.25) is 9.98 Å². The number of hydrogen-bond acceptors (Lipinski definition) is 4. The van der Waals surface area contributed by atoms with Crippen molar-refractivity contribution in [1.29, 1.82) is 0 Å². The van der Waals surface area contributed by atoms with Crippen LogP contribution in [-0.4, -0.2) is 22.6 Å². The van der Waals surface area contributed by atoms with Crippen LogP contribution >= 0.6 is 0 Å². The fraction of sp³-hybridized carbons (Fsp3) is 0.588. The first-order chi connectivity index (χ1) is 18.5. The minimum Gasteiger partial charge on any atom is -0.505 e. The first-order valence-electron chi connectivity index (χ1n) is 15.2. The number of hydrogen-bond donors (Lipinski definition) is 2. The summed E-state index contributed by atoms with van der Waals surface area (Å²) in [4.78, 5) is 9.28. The molecule has 39 heavy (non-hydrogen) atoms. The van der Waals surface area contributed by atoms with Crippen LogP contribution in [-0.2, 0) is 17.1 Å². The predicted molar refractivity (Wildman–Crippen MR) is 161 cm³/mol. The predicted octanol–water partition coefficient (Wildman–Crippen LogP) is 10.3. The van der Waals surface area contributed by atoms with Crippen LogP contribution in [0, 0.1) is 13.8 Å². The van der Waals surface area contributed by atoms with Gasteiger partial charge in [0.15, 0.2) is 0 Å². The number of aryl methyl sites for hydroxylation is 2. The molecule has 0 heterocycles. The second-order valence-electron chi connectivity index (χ2n) is 11.7. The molecule has 5 heteroatoms. The number of aliphatic imine (C=N–C) groups is 2. The van der Waals surface area contributed by atoms with Crippen LogP contribution in [0.25, 0.3) is 0 Å². The minimum atomic E-state index is 0. The third kappa shape index (κ3) is 9.22. The van der Waals surface area contributed by atoms with Crippen LogP contribution in [0.5, 0.6) is 11.5 Å². The van der Waals surface area contributed by atoms with Crippen molar-refractivity contribution < 1.29 is 27.3 Å². The van der Waals surface area contributed by atoms with Crippen LogP contribution in [0.2, 0.25) is 0 Å². The van der Waals surface area contributed by atoms with E-state index in [1.54, 1.807) is 0 Å². The summed E-state index contributed by atoms with van der Waals surface area (Å²) in [6.45, 7) is 4.20. The average Bonchev–Trinajstić information content (AvgIpc) is 2.93. The molecule has 2 aromatic carbocycles. The molecular formula is C34H48CuN2O2. The number of phenolic OH excluding ortho intramolecular Hbond substituents is 2. The SMILES string of the molecule is Cc1cc(N=CCCCCCCC=Nc2cc(C)cc(C3CCCCC3)c2O)c(O)c(C2CCCCC2)c1.[Cu]. The Labute approximate surface area is 246 Å². The summed E-state index contributed by atoms with van der Waals surface area (Å²) in [6.07, 6.45) is 22.7. The molecule has 2 aromatic rings. The molecule has 2 fully saturated rings. The smallest absolute Gasteiger partial charge is 0.144 e. The Kier molecular flexibility index (Phi) is 13.1. The molecule has 217 valence electrons. The zero-order valence-corrected chi connectivity index (χ0v) is 25.0. The van der Waals surface area contributed by atoms with E-state index in [1.165, 1.54) is 75.3 Å². The number of nitrogens with zero attached hydrogens (tertiary/aromatic N) is 2. The Morgan fingerprint density at radius 2 is 1.00 bits per heavy atom. The van der Waals surface area contributed by atoms with E-state index in [9.17, 15) is 10.2 Å². The van der Waals surface area contributed by atoms with Crippen LogP contribution in [0.15, 0.2) is 34.3 Å². The Morgan fingerprint density at radius 3 is 1.38 bits per heavy atom. The van der Waals surface area contributed by atoms with E-state index < -0.39 is 0 Å². The number of benzene rings is 2. The molecule has 2 aliphatic carbocycles. The third-order valence-electron chi connectivity index (χ3n) is 8.49. The summed E-state index contributed by atoms with van der Waals surface area (Å²) in [5, 5.41) is 21.7. The quantitative estimate of drug-likeness (QED) is 0.158. The summed E-state index contributed by atoms with van der Waals surface area (Å²) in [7, 11) is 0. The van der Waals surface area contributed by atoms with Crippen LogP contribution in [0.3, 0.4) is 0 Å². The summed E-state index contributed by atoms with van der Waals surface area (Å²) in [5.41, 5.74) is 6.02. The second-order valence-corrected chi connectivity index (χ2v) is 11.7. The van der Waals surface area contributed by atoms with Gasteiger partial charge in [0.25, 0.3) is 0 Å². The molecule has 2 saturated carbocycles. The van der Waals surface area contributed by atoms with Crippen LogP contribution < -0.4 is 0 Å². The monoisotopic (exact) mass is 579 g/mol. The first kappa shape index (κ1) is 31.4. The molecule has 0 unspecified atom stereocenters. The van der Waals surface area contributed by atoms with E-state index in [0.717, 1.165) is 61.0 Å². The van der Waals surface area contributed by atoms with Crippen LogP contribution in [0.4, 0.5) is 11.4 Å². The third-order valence-corrected chi connectivity index (χ3v) is 8.49. The fourth-order valence-corrected chi connectivity index (χ4v) is 6.37. The number of phenols is 2. The Hall–Kier alpha value is -2.10. The van der Waals surface area contributed by atoms with Gasteiger partial charge < -0.3 is 10.2 Å². The molecule has 0 amide bonds. The zero-order valence-electron chi connectivity index (χ0n) is 24.0. The molecule has 0 aliphatic heterocycles. The van der Waals surface area contributed by atoms with E-state index >= 15 is 0 Å². The molecule has 0 bridgehead atoms. The Bertz CT molecular complexity index is 1010. The summed E-state index contributed by atoms with van der Waals surface area (Å²) in [6, 6.07) is 8.32. The maximum atomic E-state index is 10.8. The van der Waals surface area contributed by atoms with Gasteiger partial charge in [0.05, 0.1) is 0 Å². The molecule has 4 rings (SSSR count). The number of aromatic hydroxyl groups is 2. The van der Waals surface area contributed by atoms with Crippen molar-refractivity contribution in [1.82, 2.24) is 0 Å². The summed E-state index contributed by atoms with van der Waals surface area (Å²) < 4.78 is 0. The molecule has 0 atom stereocenters. The Morgan fingerprint density at radius 1 is 0.615 bits per heavy atom. The van der Waals surface area contributed by atoms with Crippen molar-refractivity contribution in [2.75, 3.05) is 0 Å². The summed E-state index contributed by atoms with van der Waals surface area (Å²) >= 11 is 0. The molecule has 2 N–H and O–H groups in total. The molecule has 1 radical (unpaired) electrons. The van der Waals surface area contributed by atoms with E-state index in [-0.39, 0.29) is 17.1 Å². The standard InChI is InChI=1S/C34H48N2O2.Cu/c1-25-21-29(27-15-9-7-10-16-27)33(37)31(23-25)35-19-13-5-3-4-6-14-20-36-32-24-26(2)22-30(34(32)38)28-17-11-8-12-18-28;/h19-24,27-28,37-38H,3-18H2,1-2H3;. The maximum absolute atomic E-state index is 10.8. The molecular weight excluding hydrogens is 532 g/mol. The van der Waals surface area contributed by atoms with E-state index in [2.05, 4.69) is 36.0 Å². The number of rotatable bonds is 11. The van der Waals surface area contributed by atoms with Crippen LogP contribution in [0.1, 0.15) is 137 Å². The minimum absolute atomic E-state index is 0. The average molecular weight is 580 g/mol. The maximum Gasteiger partial charge on any atom is 0.144 e. The zero-order chi connectivity index (χ0) is 26.7. The molecule has 0 aromatic heterocycles. The first-order valence-corrected chi connectivity index (χ1v) is 15.2. The van der Waals surface area contributed by atoms with Gasteiger partial charge in [0.2, 0.25) is 0 Å². The van der Waals surface area contributed by atoms with Crippen molar-refractivity contribution in [3.63, 3.8) is 0 Å². The van der Waals surface area contributed by atoms with Crippen molar-refractivity contribution in [3.05, 3.63) is 46.5 Å². The molecule has 2 aliphatic rings. The van der Waals surface area contributed by atoms with Crippen molar-refractivity contribution in [2.24, 2.45) is 9.98 Å². The van der Waals surface area contributed by atoms with Crippen molar-refractivity contribution in [2.45, 2.75) is 128 Å². The second kappa shape index (κ2) is 16.2. The number of unbranched alkanes of at least 4 members (excludes halogenated alkanes) is 5. The van der Waals surface area contributed by atoms with Gasteiger partial charge in [-0.05, 0) is 111 Å². The van der Waals surface area contributed by atoms with E-state index in [0.29, 0.717) is 23.3 Å². The molecule has 0 saturated heterocycles. The van der Waals surface area contributed by atoms with Gasteiger partial charge in [-0.1, -0.05) is 63.5 Å². The molecule has 4 nitrogen and oxygen atoms in total. The molecule has 0 spiro atoms. The van der Waals surface area contributed by atoms with Gasteiger partial charge in [-0.15, -0.1) is 0 Å². The summed E-state index contributed by atoms with van der Waals surface area (Å²) in [5.74, 6) is 1.75. The van der Waals surface area contributed by atoms with Gasteiger partial charge in [0, 0.05) is 29.5 Å². The van der Waals surface area contributed by atoms with E-state index in [1.807, 2.05) is 24.6 Å². The van der Waals surface area contributed by atoms with Crippen molar-refractivity contribution >= 4 is 23.8 Å². The van der Waals surface area contributed by atoms with Gasteiger partial charge in [0.1, 0.15) is 22.9 Å². The van der Waals surface area contributed by atoms with Gasteiger partial charge in [-0.25, -0.2) is 0 Å². The largest absolute Gasteiger partial charge is 0.505 e. The van der Waals surface area contributed by atoms with Gasteiger partial charge >= 0.3 is 0 Å². The van der Waals surface area contributed by atoms with Crippen molar-refractivity contribution in [3.8, 4) is 11.5 Å². The normalized spacial score (nSPS) is 17.2. The van der Waals surface area contributed by atoms with E-state index in [4.69, 9.17) is 0 Å².